The molecule has 1 saturated heterocycles. The lowest BCUT2D eigenvalue weighted by Gasteiger charge is -2.07. The molecule has 0 saturated carbocycles. The molecule has 0 amide bonds. The molecular weight excluding hydrogens is 306 g/mol. The topological polar surface area (TPSA) is 98.3 Å². The van der Waals surface area contributed by atoms with Gasteiger partial charge in [-0.25, -0.2) is 0 Å². The van der Waals surface area contributed by atoms with Crippen molar-refractivity contribution in [2.75, 3.05) is 6.61 Å². The Morgan fingerprint density at radius 3 is 3.18 bits per heavy atom. The molecule has 1 aliphatic heterocycles. The number of rotatable bonds is 4. The summed E-state index contributed by atoms with van der Waals surface area (Å²) in [5.41, 5.74) is 0.620. The lowest BCUT2D eigenvalue weighted by Crippen LogP contribution is -2.05. The maximum absolute atomic E-state index is 10.8. The molecule has 1 fully saturated rings. The SMILES string of the molecule is O=[N+]([O-])c1cccc(/C=N\n2c([C@@H]3CCCO3)n[nH]c2=S)c1. The Morgan fingerprint density at radius 2 is 2.45 bits per heavy atom. The fourth-order valence-electron chi connectivity index (χ4n) is 2.25. The van der Waals surface area contributed by atoms with Crippen LogP contribution in [0.25, 0.3) is 0 Å². The smallest absolute Gasteiger partial charge is 0.270 e. The molecule has 8 nitrogen and oxygen atoms in total. The first-order chi connectivity index (χ1) is 10.6. The number of benzene rings is 1. The van der Waals surface area contributed by atoms with E-state index < -0.39 is 4.92 Å². The summed E-state index contributed by atoms with van der Waals surface area (Å²) in [7, 11) is 0. The number of ether oxygens (including phenoxy) is 1. The van der Waals surface area contributed by atoms with Crippen LogP contribution in [-0.4, -0.2) is 32.6 Å². The molecule has 2 heterocycles. The third-order valence-electron chi connectivity index (χ3n) is 3.30. The lowest BCUT2D eigenvalue weighted by molar-refractivity contribution is -0.384. The molecule has 0 aliphatic carbocycles. The first kappa shape index (κ1) is 14.5. The van der Waals surface area contributed by atoms with E-state index in [-0.39, 0.29) is 11.8 Å². The summed E-state index contributed by atoms with van der Waals surface area (Å²) < 4.78 is 7.43. The Hall–Kier alpha value is -2.39. The van der Waals surface area contributed by atoms with Gasteiger partial charge in [-0.05, 0) is 25.1 Å². The number of aromatic nitrogens is 3. The highest BCUT2D eigenvalue weighted by molar-refractivity contribution is 7.71. The van der Waals surface area contributed by atoms with E-state index in [0.717, 1.165) is 12.8 Å². The van der Waals surface area contributed by atoms with Crippen molar-refractivity contribution >= 4 is 24.1 Å². The molecule has 1 aliphatic rings. The molecule has 1 N–H and O–H groups in total. The van der Waals surface area contributed by atoms with Crippen molar-refractivity contribution in [1.82, 2.24) is 14.9 Å². The Morgan fingerprint density at radius 1 is 1.59 bits per heavy atom. The van der Waals surface area contributed by atoms with Gasteiger partial charge in [0, 0.05) is 24.3 Å². The molecule has 2 aromatic rings. The summed E-state index contributed by atoms with van der Waals surface area (Å²) in [6, 6.07) is 6.21. The second-order valence-corrected chi connectivity index (χ2v) is 5.18. The van der Waals surface area contributed by atoms with E-state index >= 15 is 0 Å². The van der Waals surface area contributed by atoms with E-state index in [4.69, 9.17) is 17.0 Å². The molecule has 22 heavy (non-hydrogen) atoms. The molecule has 1 atom stereocenters. The van der Waals surface area contributed by atoms with Gasteiger partial charge >= 0.3 is 0 Å². The minimum Gasteiger partial charge on any atom is -0.370 e. The summed E-state index contributed by atoms with van der Waals surface area (Å²) in [5.74, 6) is 0.615. The number of aromatic amines is 1. The van der Waals surface area contributed by atoms with Gasteiger partial charge in [0.15, 0.2) is 5.82 Å². The van der Waals surface area contributed by atoms with Gasteiger partial charge in [0.05, 0.1) is 11.1 Å². The predicted octanol–water partition coefficient (Wildman–Crippen LogP) is 2.58. The minimum atomic E-state index is -0.446. The van der Waals surface area contributed by atoms with Crippen LogP contribution in [-0.2, 0) is 4.74 Å². The van der Waals surface area contributed by atoms with Crippen LogP contribution in [0.4, 0.5) is 5.69 Å². The van der Waals surface area contributed by atoms with Gasteiger partial charge in [-0.2, -0.15) is 14.9 Å². The molecule has 9 heteroatoms. The van der Waals surface area contributed by atoms with Crippen LogP contribution in [0.5, 0.6) is 0 Å². The van der Waals surface area contributed by atoms with Gasteiger partial charge in [-0.1, -0.05) is 12.1 Å². The zero-order valence-corrected chi connectivity index (χ0v) is 12.3. The van der Waals surface area contributed by atoms with Gasteiger partial charge in [-0.15, -0.1) is 0 Å². The molecule has 3 rings (SSSR count). The van der Waals surface area contributed by atoms with Crippen molar-refractivity contribution < 1.29 is 9.66 Å². The highest BCUT2D eigenvalue weighted by atomic mass is 32.1. The molecule has 0 bridgehead atoms. The summed E-state index contributed by atoms with van der Waals surface area (Å²) >= 11 is 5.16. The Bertz CT molecular complexity index is 776. The standard InChI is InChI=1S/C13H13N5O3S/c19-18(20)10-4-1-3-9(7-10)8-14-17-12(15-16-13(17)22)11-5-2-6-21-11/h1,3-4,7-8,11H,2,5-6H2,(H,16,22)/b14-8-/t11-/m0/s1. The molecule has 1 aromatic heterocycles. The highest BCUT2D eigenvalue weighted by Crippen LogP contribution is 2.26. The van der Waals surface area contributed by atoms with Crippen LogP contribution in [0.2, 0.25) is 0 Å². The Labute approximate surface area is 130 Å². The average molecular weight is 319 g/mol. The van der Waals surface area contributed by atoms with E-state index in [2.05, 4.69) is 15.3 Å². The quantitative estimate of drug-likeness (QED) is 0.404. The second kappa shape index (κ2) is 6.16. The van der Waals surface area contributed by atoms with Gasteiger partial charge < -0.3 is 4.74 Å². The average Bonchev–Trinajstić information content (AvgIpc) is 3.15. The van der Waals surface area contributed by atoms with Crippen molar-refractivity contribution in [3.05, 3.63) is 50.5 Å². The van der Waals surface area contributed by atoms with E-state index in [1.54, 1.807) is 12.1 Å². The molecular formula is C13H13N5O3S. The largest absolute Gasteiger partial charge is 0.370 e. The number of hydrogen-bond donors (Lipinski definition) is 1. The number of hydrogen-bond acceptors (Lipinski definition) is 6. The first-order valence-corrected chi connectivity index (χ1v) is 7.14. The normalized spacial score (nSPS) is 18.1. The maximum Gasteiger partial charge on any atom is 0.270 e. The molecule has 0 spiro atoms. The summed E-state index contributed by atoms with van der Waals surface area (Å²) in [6.45, 7) is 0.693. The molecule has 114 valence electrons. The van der Waals surface area contributed by atoms with Crippen molar-refractivity contribution in [2.45, 2.75) is 18.9 Å². The fourth-order valence-corrected chi connectivity index (χ4v) is 2.43. The van der Waals surface area contributed by atoms with Crippen LogP contribution in [0.3, 0.4) is 0 Å². The van der Waals surface area contributed by atoms with Crippen molar-refractivity contribution in [1.29, 1.82) is 0 Å². The maximum atomic E-state index is 10.8. The van der Waals surface area contributed by atoms with Crippen LogP contribution in [0, 0.1) is 14.9 Å². The third kappa shape index (κ3) is 2.95. The highest BCUT2D eigenvalue weighted by Gasteiger charge is 2.23. The Balaban J connectivity index is 1.89. The van der Waals surface area contributed by atoms with E-state index in [1.165, 1.54) is 23.0 Å². The minimum absolute atomic E-state index is 0.0130. The number of nitro groups is 1. The molecule has 0 unspecified atom stereocenters. The summed E-state index contributed by atoms with van der Waals surface area (Å²) in [6.07, 6.45) is 3.22. The first-order valence-electron chi connectivity index (χ1n) is 6.73. The van der Waals surface area contributed by atoms with Gasteiger partial charge in [-0.3, -0.25) is 15.2 Å². The van der Waals surface area contributed by atoms with Crippen LogP contribution >= 0.6 is 12.2 Å². The second-order valence-electron chi connectivity index (χ2n) is 4.80. The van der Waals surface area contributed by atoms with Gasteiger partial charge in [0.2, 0.25) is 4.77 Å². The molecule has 1 aromatic carbocycles. The summed E-state index contributed by atoms with van der Waals surface area (Å²) in [5, 5.41) is 21.9. The third-order valence-corrected chi connectivity index (χ3v) is 3.56. The van der Waals surface area contributed by atoms with Crippen molar-refractivity contribution in [3.8, 4) is 0 Å². The van der Waals surface area contributed by atoms with Crippen molar-refractivity contribution in [3.63, 3.8) is 0 Å². The lowest BCUT2D eigenvalue weighted by atomic mass is 10.2. The van der Waals surface area contributed by atoms with Crippen LogP contribution in [0.1, 0.15) is 30.3 Å². The monoisotopic (exact) mass is 319 g/mol. The fraction of sp³-hybridized carbons (Fsp3) is 0.308. The van der Waals surface area contributed by atoms with Crippen LogP contribution < -0.4 is 0 Å². The van der Waals surface area contributed by atoms with E-state index in [0.29, 0.717) is 22.8 Å². The molecule has 0 radical (unpaired) electrons. The van der Waals surface area contributed by atoms with Gasteiger partial charge in [0.1, 0.15) is 6.10 Å². The number of nitrogens with zero attached hydrogens (tertiary/aromatic N) is 4. The zero-order chi connectivity index (χ0) is 15.5. The van der Waals surface area contributed by atoms with Gasteiger partial charge in [0.25, 0.3) is 5.69 Å². The van der Waals surface area contributed by atoms with Crippen LogP contribution in [0.15, 0.2) is 29.4 Å². The zero-order valence-electron chi connectivity index (χ0n) is 11.5. The van der Waals surface area contributed by atoms with Crippen molar-refractivity contribution in [2.24, 2.45) is 5.10 Å². The van der Waals surface area contributed by atoms with E-state index in [9.17, 15) is 10.1 Å². The number of non-ortho nitro benzene ring substituents is 1. The summed E-state index contributed by atoms with van der Waals surface area (Å²) in [4.78, 5) is 10.3. The number of H-pyrrole nitrogens is 1. The predicted molar refractivity (Wildman–Crippen MR) is 81.4 cm³/mol. The number of nitrogens with one attached hydrogen (secondary N) is 1. The Kier molecular flexibility index (Phi) is 4.07. The number of nitro benzene ring substituents is 1. The van der Waals surface area contributed by atoms with E-state index in [1.807, 2.05) is 0 Å².